The molecule has 2 fully saturated rings. The van der Waals surface area contributed by atoms with Gasteiger partial charge in [0, 0.05) is 24.2 Å². The number of piperidine rings is 1. The van der Waals surface area contributed by atoms with Gasteiger partial charge in [-0.1, -0.05) is 37.5 Å². The summed E-state index contributed by atoms with van der Waals surface area (Å²) < 4.78 is 54.0. The monoisotopic (exact) mass is 505 g/mol. The van der Waals surface area contributed by atoms with Gasteiger partial charge in [0.1, 0.15) is 5.82 Å². The van der Waals surface area contributed by atoms with E-state index in [1.54, 1.807) is 18.2 Å². The Morgan fingerprint density at radius 3 is 2.33 bits per heavy atom. The van der Waals surface area contributed by atoms with Gasteiger partial charge in [-0.25, -0.2) is 4.39 Å². The number of alkyl halides is 3. The Labute approximate surface area is 208 Å². The first-order valence-electron chi connectivity index (χ1n) is 12.5. The highest BCUT2D eigenvalue weighted by Gasteiger charge is 2.37. The molecule has 4 rings (SSSR count). The Balaban J connectivity index is 1.32. The van der Waals surface area contributed by atoms with E-state index in [1.165, 1.54) is 19.3 Å². The maximum atomic E-state index is 14.1. The smallest absolute Gasteiger partial charge is 0.353 e. The normalized spacial score (nSPS) is 18.1. The van der Waals surface area contributed by atoms with E-state index < -0.39 is 29.0 Å². The van der Waals surface area contributed by atoms with Crippen LogP contribution in [0.2, 0.25) is 0 Å². The lowest BCUT2D eigenvalue weighted by Gasteiger charge is -2.32. The van der Waals surface area contributed by atoms with Crippen LogP contribution in [0.4, 0.5) is 23.2 Å². The summed E-state index contributed by atoms with van der Waals surface area (Å²) in [6, 6.07) is 9.54. The summed E-state index contributed by atoms with van der Waals surface area (Å²) in [4.78, 5) is 27.4. The van der Waals surface area contributed by atoms with Gasteiger partial charge in [0.15, 0.2) is 0 Å². The van der Waals surface area contributed by atoms with Gasteiger partial charge in [0.25, 0.3) is 5.91 Å². The molecule has 2 amide bonds. The molecule has 2 aromatic carbocycles. The molecular weight excluding hydrogens is 474 g/mol. The Morgan fingerprint density at radius 1 is 0.944 bits per heavy atom. The van der Waals surface area contributed by atoms with Crippen LogP contribution in [0.5, 0.6) is 0 Å². The summed E-state index contributed by atoms with van der Waals surface area (Å²) in [5.74, 6) is -2.22. The number of amides is 2. The fourth-order valence-electron chi connectivity index (χ4n) is 5.11. The van der Waals surface area contributed by atoms with Gasteiger partial charge in [-0.2, -0.15) is 13.2 Å². The number of nitrogens with one attached hydrogen (secondary N) is 2. The maximum absolute atomic E-state index is 14.1. The van der Waals surface area contributed by atoms with Crippen molar-refractivity contribution < 1.29 is 27.2 Å². The fourth-order valence-corrected chi connectivity index (χ4v) is 5.11. The number of carbonyl (C=O) groups excluding carboxylic acids is 2. The van der Waals surface area contributed by atoms with Crippen molar-refractivity contribution in [3.05, 3.63) is 65.0 Å². The molecule has 1 saturated carbocycles. The molecule has 5 nitrogen and oxygen atoms in total. The standard InChI is InChI=1S/C27H31F4N3O2/c28-23-11-5-10-22(27(29,30)31)24(23)26(36)33-21-9-4-6-18(16-21)17-34-14-12-19(13-15-34)25(35)32-20-7-2-1-3-8-20/h4-6,9-11,16,19-20H,1-3,7-8,12-15,17H2,(H,32,35)(H,33,36). The van der Waals surface area contributed by atoms with Crippen molar-refractivity contribution in [1.82, 2.24) is 10.2 Å². The van der Waals surface area contributed by atoms with E-state index in [0.717, 1.165) is 56.5 Å². The molecule has 0 aromatic heterocycles. The molecule has 1 aliphatic carbocycles. The Hall–Kier alpha value is -2.94. The first-order valence-corrected chi connectivity index (χ1v) is 12.5. The molecule has 0 atom stereocenters. The van der Waals surface area contributed by atoms with Crippen LogP contribution in [-0.2, 0) is 17.5 Å². The molecule has 1 heterocycles. The van der Waals surface area contributed by atoms with E-state index in [9.17, 15) is 27.2 Å². The molecule has 0 bridgehead atoms. The van der Waals surface area contributed by atoms with Crippen LogP contribution in [-0.4, -0.2) is 35.8 Å². The minimum Gasteiger partial charge on any atom is -0.353 e. The third-order valence-corrected chi connectivity index (χ3v) is 7.05. The molecule has 36 heavy (non-hydrogen) atoms. The number of nitrogens with zero attached hydrogens (tertiary/aromatic N) is 1. The molecule has 0 radical (unpaired) electrons. The summed E-state index contributed by atoms with van der Waals surface area (Å²) in [6.45, 7) is 2.08. The van der Waals surface area contributed by atoms with Gasteiger partial charge >= 0.3 is 6.18 Å². The lowest BCUT2D eigenvalue weighted by Crippen LogP contribution is -2.44. The number of anilines is 1. The first-order chi connectivity index (χ1) is 17.2. The molecule has 2 aliphatic rings. The Bertz CT molecular complexity index is 1070. The van der Waals surface area contributed by atoms with Gasteiger partial charge in [0.2, 0.25) is 5.91 Å². The predicted octanol–water partition coefficient (Wildman–Crippen LogP) is 5.76. The molecule has 9 heteroatoms. The summed E-state index contributed by atoms with van der Waals surface area (Å²) in [5, 5.41) is 5.61. The van der Waals surface area contributed by atoms with E-state index in [-0.39, 0.29) is 17.5 Å². The summed E-state index contributed by atoms with van der Waals surface area (Å²) in [7, 11) is 0. The minimum absolute atomic E-state index is 0.0115. The van der Waals surface area contributed by atoms with Crippen molar-refractivity contribution in [3.63, 3.8) is 0 Å². The van der Waals surface area contributed by atoms with Gasteiger partial charge in [-0.3, -0.25) is 14.5 Å². The zero-order valence-electron chi connectivity index (χ0n) is 20.0. The van der Waals surface area contributed by atoms with Gasteiger partial charge in [0.05, 0.1) is 11.1 Å². The lowest BCUT2D eigenvalue weighted by molar-refractivity contribution is -0.138. The number of hydrogen-bond acceptors (Lipinski definition) is 3. The third kappa shape index (κ3) is 6.63. The van der Waals surface area contributed by atoms with E-state index >= 15 is 0 Å². The van der Waals surface area contributed by atoms with Crippen LogP contribution in [0.3, 0.4) is 0 Å². The topological polar surface area (TPSA) is 61.4 Å². The lowest BCUT2D eigenvalue weighted by atomic mass is 9.92. The fraction of sp³-hybridized carbons (Fsp3) is 0.481. The molecule has 2 aromatic rings. The second kappa shape index (κ2) is 11.4. The second-order valence-corrected chi connectivity index (χ2v) is 9.71. The third-order valence-electron chi connectivity index (χ3n) is 7.05. The van der Waals surface area contributed by atoms with E-state index in [4.69, 9.17) is 0 Å². The largest absolute Gasteiger partial charge is 0.417 e. The van der Waals surface area contributed by atoms with Crippen molar-refractivity contribution in [2.45, 2.75) is 63.7 Å². The van der Waals surface area contributed by atoms with Crippen LogP contribution in [0.1, 0.15) is 66.4 Å². The van der Waals surface area contributed by atoms with Crippen LogP contribution in [0.15, 0.2) is 42.5 Å². The predicted molar refractivity (Wildman–Crippen MR) is 129 cm³/mol. The van der Waals surface area contributed by atoms with Gasteiger partial charge in [-0.05, 0) is 68.6 Å². The maximum Gasteiger partial charge on any atom is 0.417 e. The second-order valence-electron chi connectivity index (χ2n) is 9.71. The van der Waals surface area contributed by atoms with Crippen molar-refractivity contribution in [3.8, 4) is 0 Å². The highest BCUT2D eigenvalue weighted by molar-refractivity contribution is 6.05. The quantitative estimate of drug-likeness (QED) is 0.491. The zero-order valence-corrected chi connectivity index (χ0v) is 20.0. The summed E-state index contributed by atoms with van der Waals surface area (Å²) in [6.07, 6.45) is 2.39. The van der Waals surface area contributed by atoms with Gasteiger partial charge < -0.3 is 10.6 Å². The summed E-state index contributed by atoms with van der Waals surface area (Å²) in [5.41, 5.74) is -1.19. The van der Waals surface area contributed by atoms with Crippen molar-refractivity contribution in [2.75, 3.05) is 18.4 Å². The minimum atomic E-state index is -4.85. The average molecular weight is 506 g/mol. The average Bonchev–Trinajstić information content (AvgIpc) is 2.84. The number of benzene rings is 2. The van der Waals surface area contributed by atoms with E-state index in [0.29, 0.717) is 18.7 Å². The van der Waals surface area contributed by atoms with Gasteiger partial charge in [-0.15, -0.1) is 0 Å². The van der Waals surface area contributed by atoms with Crippen LogP contribution >= 0.6 is 0 Å². The summed E-state index contributed by atoms with van der Waals surface area (Å²) >= 11 is 0. The van der Waals surface area contributed by atoms with Crippen molar-refractivity contribution >= 4 is 17.5 Å². The number of halogens is 4. The molecule has 1 aliphatic heterocycles. The Kier molecular flexibility index (Phi) is 8.28. The number of hydrogen-bond donors (Lipinski definition) is 2. The van der Waals surface area contributed by atoms with Crippen LogP contribution in [0.25, 0.3) is 0 Å². The molecule has 194 valence electrons. The SMILES string of the molecule is O=C(Nc1cccc(CN2CCC(C(=O)NC3CCCCC3)CC2)c1)c1c(F)cccc1C(F)(F)F. The van der Waals surface area contributed by atoms with Crippen LogP contribution < -0.4 is 10.6 Å². The van der Waals surface area contributed by atoms with Crippen molar-refractivity contribution in [1.29, 1.82) is 0 Å². The van der Waals surface area contributed by atoms with Crippen molar-refractivity contribution in [2.24, 2.45) is 5.92 Å². The molecular formula is C27H31F4N3O2. The highest BCUT2D eigenvalue weighted by atomic mass is 19.4. The number of carbonyl (C=O) groups is 2. The molecule has 1 saturated heterocycles. The Morgan fingerprint density at radius 2 is 1.64 bits per heavy atom. The number of likely N-dealkylation sites (tertiary alicyclic amines) is 1. The molecule has 2 N–H and O–H groups in total. The number of rotatable bonds is 6. The first kappa shape index (κ1) is 26.1. The van der Waals surface area contributed by atoms with Crippen LogP contribution in [0, 0.1) is 11.7 Å². The van der Waals surface area contributed by atoms with E-state index in [1.807, 2.05) is 6.07 Å². The molecule has 0 unspecified atom stereocenters. The highest BCUT2D eigenvalue weighted by Crippen LogP contribution is 2.33. The van der Waals surface area contributed by atoms with E-state index in [2.05, 4.69) is 15.5 Å². The molecule has 0 spiro atoms. The zero-order chi connectivity index (χ0) is 25.7.